The number of ether oxygens (including phenoxy) is 1. The van der Waals surface area contributed by atoms with Gasteiger partial charge in [-0.2, -0.15) is 10.2 Å². The van der Waals surface area contributed by atoms with Crippen LogP contribution in [0.25, 0.3) is 0 Å². The van der Waals surface area contributed by atoms with Crippen LogP contribution in [0.15, 0.2) is 40.2 Å². The Kier molecular flexibility index (Phi) is 6.34. The highest BCUT2D eigenvalue weighted by Gasteiger charge is 2.20. The van der Waals surface area contributed by atoms with Crippen molar-refractivity contribution in [2.45, 2.75) is 19.5 Å². The number of nitro groups is 2. The van der Waals surface area contributed by atoms with Crippen LogP contribution >= 0.6 is 0 Å². The van der Waals surface area contributed by atoms with Gasteiger partial charge in [0, 0.05) is 6.42 Å². The molecule has 3 heterocycles. The number of rotatable bonds is 10. The minimum absolute atomic E-state index is 0.0270. The van der Waals surface area contributed by atoms with Crippen molar-refractivity contribution in [2.75, 3.05) is 7.11 Å². The molecule has 0 aliphatic carbocycles. The number of hydrazone groups is 1. The van der Waals surface area contributed by atoms with Crippen LogP contribution in [0, 0.1) is 20.2 Å². The maximum absolute atomic E-state index is 11.9. The SMILES string of the molecule is COc1nn(CCC(=O)NN=Cc2ccc(Cn3cc([N+](=O)[O-])cn3)o2)cc1[N+](=O)[O-]. The molecule has 15 nitrogen and oxygen atoms in total. The number of aryl methyl sites for hydroxylation is 1. The Morgan fingerprint density at radius 3 is 2.74 bits per heavy atom. The van der Waals surface area contributed by atoms with Crippen LogP contribution in [0.4, 0.5) is 11.4 Å². The van der Waals surface area contributed by atoms with E-state index < -0.39 is 15.8 Å². The van der Waals surface area contributed by atoms with E-state index in [2.05, 4.69) is 20.7 Å². The maximum atomic E-state index is 11.9. The second-order valence-corrected chi connectivity index (χ2v) is 6.04. The molecule has 0 unspecified atom stereocenters. The van der Waals surface area contributed by atoms with Gasteiger partial charge in [-0.3, -0.25) is 34.4 Å². The van der Waals surface area contributed by atoms with Gasteiger partial charge >= 0.3 is 17.3 Å². The molecule has 0 bridgehead atoms. The van der Waals surface area contributed by atoms with Gasteiger partial charge in [-0.25, -0.2) is 5.43 Å². The summed E-state index contributed by atoms with van der Waals surface area (Å²) < 4.78 is 12.9. The molecule has 1 N–H and O–H groups in total. The van der Waals surface area contributed by atoms with E-state index >= 15 is 0 Å². The largest absolute Gasteiger partial charge is 0.475 e. The van der Waals surface area contributed by atoms with Crippen molar-refractivity contribution in [1.82, 2.24) is 25.0 Å². The number of carbonyl (C=O) groups is 1. The highest BCUT2D eigenvalue weighted by atomic mass is 16.6. The summed E-state index contributed by atoms with van der Waals surface area (Å²) in [4.78, 5) is 32.2. The summed E-state index contributed by atoms with van der Waals surface area (Å²) >= 11 is 0. The van der Waals surface area contributed by atoms with E-state index in [9.17, 15) is 25.0 Å². The summed E-state index contributed by atoms with van der Waals surface area (Å²) in [6.07, 6.45) is 4.85. The molecule has 0 aliphatic rings. The number of nitrogens with zero attached hydrogens (tertiary/aromatic N) is 7. The highest BCUT2D eigenvalue weighted by molar-refractivity contribution is 5.80. The van der Waals surface area contributed by atoms with Gasteiger partial charge in [0.1, 0.15) is 30.1 Å². The number of nitrogens with one attached hydrogen (secondary N) is 1. The average Bonchev–Trinajstić information content (AvgIpc) is 3.46. The number of furan rings is 1. The molecule has 1 amide bonds. The topological polar surface area (TPSA) is 186 Å². The van der Waals surface area contributed by atoms with Gasteiger partial charge in [-0.05, 0) is 12.1 Å². The van der Waals surface area contributed by atoms with Crippen LogP contribution in [0.2, 0.25) is 0 Å². The summed E-state index contributed by atoms with van der Waals surface area (Å²) in [5.74, 6) is 0.259. The molecule has 0 atom stereocenters. The molecule has 0 fully saturated rings. The Hall–Kier alpha value is -4.56. The molecule has 0 aromatic carbocycles. The Labute approximate surface area is 173 Å². The second-order valence-electron chi connectivity index (χ2n) is 6.04. The molecular formula is C16H16N8O7. The summed E-state index contributed by atoms with van der Waals surface area (Å²) in [6.45, 7) is 0.278. The van der Waals surface area contributed by atoms with Gasteiger partial charge in [0.05, 0.1) is 36.3 Å². The van der Waals surface area contributed by atoms with Crippen molar-refractivity contribution in [3.8, 4) is 5.88 Å². The molecule has 15 heteroatoms. The molecule has 0 saturated heterocycles. The molecular weight excluding hydrogens is 416 g/mol. The Morgan fingerprint density at radius 1 is 1.29 bits per heavy atom. The highest BCUT2D eigenvalue weighted by Crippen LogP contribution is 2.23. The van der Waals surface area contributed by atoms with Crippen molar-refractivity contribution in [3.63, 3.8) is 0 Å². The molecule has 0 aliphatic heterocycles. The van der Waals surface area contributed by atoms with Gasteiger partial charge in [-0.1, -0.05) is 0 Å². The number of methoxy groups -OCH3 is 1. The fraction of sp³-hybridized carbons (Fsp3) is 0.250. The fourth-order valence-electron chi connectivity index (χ4n) is 2.46. The van der Waals surface area contributed by atoms with Crippen LogP contribution in [-0.4, -0.2) is 48.6 Å². The molecule has 0 spiro atoms. The van der Waals surface area contributed by atoms with E-state index in [0.717, 1.165) is 6.20 Å². The zero-order valence-electron chi connectivity index (χ0n) is 16.1. The van der Waals surface area contributed by atoms with E-state index in [0.29, 0.717) is 11.5 Å². The predicted octanol–water partition coefficient (Wildman–Crippen LogP) is 1.09. The lowest BCUT2D eigenvalue weighted by Crippen LogP contribution is -2.19. The van der Waals surface area contributed by atoms with Crippen LogP contribution < -0.4 is 10.2 Å². The minimum Gasteiger partial charge on any atom is -0.475 e. The lowest BCUT2D eigenvalue weighted by atomic mass is 10.4. The Morgan fingerprint density at radius 2 is 2.10 bits per heavy atom. The number of amides is 1. The normalized spacial score (nSPS) is 11.0. The molecule has 3 aromatic rings. The molecule has 0 saturated carbocycles. The average molecular weight is 432 g/mol. The molecule has 162 valence electrons. The van der Waals surface area contributed by atoms with Gasteiger partial charge in [-0.15, -0.1) is 5.10 Å². The zero-order chi connectivity index (χ0) is 22.4. The third kappa shape index (κ3) is 5.49. The summed E-state index contributed by atoms with van der Waals surface area (Å²) in [5.41, 5.74) is 1.89. The van der Waals surface area contributed by atoms with Crippen LogP contribution in [0.5, 0.6) is 5.88 Å². The van der Waals surface area contributed by atoms with Crippen LogP contribution in [-0.2, 0) is 17.9 Å². The van der Waals surface area contributed by atoms with Crippen LogP contribution in [0.3, 0.4) is 0 Å². The maximum Gasteiger partial charge on any atom is 0.350 e. The lowest BCUT2D eigenvalue weighted by molar-refractivity contribution is -0.385. The van der Waals surface area contributed by atoms with E-state index in [-0.39, 0.29) is 36.8 Å². The van der Waals surface area contributed by atoms with Gasteiger partial charge in [0.15, 0.2) is 0 Å². The number of aromatic nitrogens is 4. The first-order chi connectivity index (χ1) is 14.9. The first-order valence-electron chi connectivity index (χ1n) is 8.69. The van der Waals surface area contributed by atoms with Gasteiger partial charge in [0.25, 0.3) is 0 Å². The summed E-state index contributed by atoms with van der Waals surface area (Å²) in [6, 6.07) is 3.26. The first kappa shape index (κ1) is 21.2. The predicted molar refractivity (Wildman–Crippen MR) is 102 cm³/mol. The third-order valence-corrected chi connectivity index (χ3v) is 3.88. The van der Waals surface area contributed by atoms with E-state index in [4.69, 9.17) is 9.15 Å². The zero-order valence-corrected chi connectivity index (χ0v) is 16.1. The van der Waals surface area contributed by atoms with Crippen molar-refractivity contribution < 1.29 is 23.8 Å². The van der Waals surface area contributed by atoms with Crippen molar-refractivity contribution in [3.05, 3.63) is 62.5 Å². The molecule has 0 radical (unpaired) electrons. The van der Waals surface area contributed by atoms with Gasteiger partial charge in [0.2, 0.25) is 5.91 Å². The van der Waals surface area contributed by atoms with E-state index in [1.54, 1.807) is 12.1 Å². The standard InChI is InChI=1S/C16H16N8O7/c1-30-16-14(24(28)29)10-21(20-16)5-4-15(25)19-17-7-12-2-3-13(31-12)9-22-8-11(6-18-22)23(26)27/h2-3,6-8,10H,4-5,9H2,1H3,(H,19,25). The Balaban J connectivity index is 1.47. The smallest absolute Gasteiger partial charge is 0.350 e. The molecule has 3 aromatic heterocycles. The fourth-order valence-corrected chi connectivity index (χ4v) is 2.46. The van der Waals surface area contributed by atoms with Crippen LogP contribution in [0.1, 0.15) is 17.9 Å². The van der Waals surface area contributed by atoms with E-state index in [1.807, 2.05) is 0 Å². The summed E-state index contributed by atoms with van der Waals surface area (Å²) in [5, 5.41) is 33.1. The Bertz CT molecular complexity index is 1130. The van der Waals surface area contributed by atoms with Crippen molar-refractivity contribution in [2.24, 2.45) is 5.10 Å². The van der Waals surface area contributed by atoms with Crippen molar-refractivity contribution >= 4 is 23.5 Å². The quantitative estimate of drug-likeness (QED) is 0.278. The summed E-state index contributed by atoms with van der Waals surface area (Å²) in [7, 11) is 1.26. The monoisotopic (exact) mass is 432 g/mol. The third-order valence-electron chi connectivity index (χ3n) is 3.88. The number of carbonyl (C=O) groups excluding carboxylic acids is 1. The number of hydrogen-bond acceptors (Lipinski definition) is 10. The minimum atomic E-state index is -0.627. The lowest BCUT2D eigenvalue weighted by Gasteiger charge is -2.00. The number of hydrogen-bond donors (Lipinski definition) is 1. The van der Waals surface area contributed by atoms with Crippen molar-refractivity contribution in [1.29, 1.82) is 0 Å². The first-order valence-corrected chi connectivity index (χ1v) is 8.69. The van der Waals surface area contributed by atoms with E-state index in [1.165, 1.54) is 35.1 Å². The molecule has 3 rings (SSSR count). The molecule has 31 heavy (non-hydrogen) atoms. The van der Waals surface area contributed by atoms with Gasteiger partial charge < -0.3 is 9.15 Å². The second kappa shape index (κ2) is 9.29.